The van der Waals surface area contributed by atoms with Crippen LogP contribution < -0.4 is 27.4 Å². The quantitative estimate of drug-likeness (QED) is 0.127. The van der Waals surface area contributed by atoms with E-state index < -0.39 is 60.1 Å². The number of thiol groups is 1. The van der Waals surface area contributed by atoms with Crippen LogP contribution in [0.2, 0.25) is 0 Å². The van der Waals surface area contributed by atoms with E-state index in [2.05, 4.69) is 28.6 Å². The average molecular weight is 435 g/mol. The molecule has 0 saturated heterocycles. The van der Waals surface area contributed by atoms with Crippen LogP contribution in [0, 0.1) is 0 Å². The van der Waals surface area contributed by atoms with Crippen molar-refractivity contribution in [1.29, 1.82) is 0 Å². The number of nitrogens with two attached hydrogens (primary N) is 2. The molecule has 0 spiro atoms. The Labute approximate surface area is 171 Å². The van der Waals surface area contributed by atoms with Crippen LogP contribution in [0.4, 0.5) is 0 Å². The van der Waals surface area contributed by atoms with Gasteiger partial charge in [0.25, 0.3) is 0 Å². The number of carbonyl (C=O) groups is 6. The summed E-state index contributed by atoms with van der Waals surface area (Å²) < 4.78 is 0. The van der Waals surface area contributed by atoms with E-state index in [1.54, 1.807) is 0 Å². The number of hydrogen-bond donors (Lipinski definition) is 8. The van der Waals surface area contributed by atoms with Crippen molar-refractivity contribution in [2.24, 2.45) is 11.5 Å². The second-order valence-corrected chi connectivity index (χ2v) is 6.27. The summed E-state index contributed by atoms with van der Waals surface area (Å²) in [6, 6.07) is -4.04. The van der Waals surface area contributed by atoms with E-state index in [-0.39, 0.29) is 31.6 Å². The predicted octanol–water partition coefficient (Wildman–Crippen LogP) is -3.46. The summed E-state index contributed by atoms with van der Waals surface area (Å²) in [5, 5.41) is 24.6. The van der Waals surface area contributed by atoms with Crippen LogP contribution >= 0.6 is 12.6 Å². The first-order valence-corrected chi connectivity index (χ1v) is 9.09. The van der Waals surface area contributed by atoms with Crippen LogP contribution in [0.25, 0.3) is 0 Å². The van der Waals surface area contributed by atoms with Crippen LogP contribution in [-0.4, -0.2) is 76.2 Å². The minimum atomic E-state index is -1.48. The van der Waals surface area contributed by atoms with Crippen molar-refractivity contribution in [3.8, 4) is 0 Å². The van der Waals surface area contributed by atoms with Gasteiger partial charge in [-0.25, -0.2) is 4.79 Å². The number of carboxylic acid groups (broad SMARTS) is 2. The maximum Gasteiger partial charge on any atom is 0.326 e. The highest BCUT2D eigenvalue weighted by atomic mass is 32.1. The van der Waals surface area contributed by atoms with Gasteiger partial charge >= 0.3 is 11.9 Å². The maximum atomic E-state index is 12.4. The monoisotopic (exact) mass is 435 g/mol. The van der Waals surface area contributed by atoms with Crippen LogP contribution in [0.15, 0.2) is 0 Å². The summed E-state index contributed by atoms with van der Waals surface area (Å²) in [5.74, 6) is -6.05. The predicted molar refractivity (Wildman–Crippen MR) is 102 cm³/mol. The maximum absolute atomic E-state index is 12.4. The fraction of sp³-hybridized carbons (Fsp3) is 0.600. The van der Waals surface area contributed by atoms with Gasteiger partial charge < -0.3 is 37.6 Å². The van der Waals surface area contributed by atoms with E-state index in [9.17, 15) is 28.8 Å². The summed E-state index contributed by atoms with van der Waals surface area (Å²) >= 11 is 3.92. The molecule has 0 saturated carbocycles. The van der Waals surface area contributed by atoms with Gasteiger partial charge in [-0.15, -0.1) is 0 Å². The number of rotatable bonds is 14. The number of carbonyl (C=O) groups excluding carboxylic acids is 4. The van der Waals surface area contributed by atoms with Crippen molar-refractivity contribution < 1.29 is 39.0 Å². The Balaban J connectivity index is 5.25. The molecule has 9 N–H and O–H groups in total. The fourth-order valence-corrected chi connectivity index (χ4v) is 2.33. The number of primary amides is 1. The molecule has 3 atom stereocenters. The molecule has 4 amide bonds. The third kappa shape index (κ3) is 10.9. The van der Waals surface area contributed by atoms with Crippen LogP contribution in [0.1, 0.15) is 25.7 Å². The highest BCUT2D eigenvalue weighted by Crippen LogP contribution is 2.04. The Kier molecular flexibility index (Phi) is 12.0. The van der Waals surface area contributed by atoms with Crippen molar-refractivity contribution in [3.05, 3.63) is 0 Å². The Morgan fingerprint density at radius 3 is 1.79 bits per heavy atom. The molecule has 0 aliphatic rings. The zero-order valence-electron chi connectivity index (χ0n) is 15.4. The normalized spacial score (nSPS) is 13.4. The van der Waals surface area contributed by atoms with Gasteiger partial charge in [0, 0.05) is 18.6 Å². The van der Waals surface area contributed by atoms with Gasteiger partial charge in [0.05, 0.1) is 6.54 Å². The number of nitrogens with one attached hydrogen (secondary N) is 3. The molecule has 14 heteroatoms. The van der Waals surface area contributed by atoms with E-state index in [0.717, 1.165) is 0 Å². The lowest BCUT2D eigenvalue weighted by atomic mass is 10.1. The van der Waals surface area contributed by atoms with Crippen LogP contribution in [-0.2, 0) is 28.8 Å². The molecule has 29 heavy (non-hydrogen) atoms. The Morgan fingerprint density at radius 1 is 0.828 bits per heavy atom. The summed E-state index contributed by atoms with van der Waals surface area (Å²) in [5.41, 5.74) is 10.1. The van der Waals surface area contributed by atoms with Crippen molar-refractivity contribution in [2.45, 2.75) is 43.8 Å². The number of carboxylic acids is 2. The van der Waals surface area contributed by atoms with Gasteiger partial charge in [-0.1, -0.05) is 0 Å². The molecule has 0 aromatic heterocycles. The molecule has 0 aromatic carbocycles. The van der Waals surface area contributed by atoms with Gasteiger partial charge in [-0.05, 0) is 12.8 Å². The molecule has 0 aliphatic carbocycles. The highest BCUT2D eigenvalue weighted by Gasteiger charge is 2.29. The highest BCUT2D eigenvalue weighted by molar-refractivity contribution is 7.80. The lowest BCUT2D eigenvalue weighted by Crippen LogP contribution is -2.56. The summed E-state index contributed by atoms with van der Waals surface area (Å²) in [6.07, 6.45) is -1.45. The zero-order valence-corrected chi connectivity index (χ0v) is 16.3. The van der Waals surface area contributed by atoms with Gasteiger partial charge in [-0.3, -0.25) is 24.0 Å². The molecule has 0 fully saturated rings. The average Bonchev–Trinajstić information content (AvgIpc) is 2.64. The molecule has 164 valence electrons. The Morgan fingerprint density at radius 2 is 1.34 bits per heavy atom. The minimum Gasteiger partial charge on any atom is -0.481 e. The molecule has 0 bridgehead atoms. The Hall–Kier alpha value is -2.87. The second kappa shape index (κ2) is 13.3. The van der Waals surface area contributed by atoms with Crippen molar-refractivity contribution >= 4 is 48.2 Å². The molecule has 0 rings (SSSR count). The SMILES string of the molecule is NCC(=O)NC(CS)C(=O)NC(CCC(=O)O)C(=O)NC(CCC(N)=O)C(=O)O. The van der Waals surface area contributed by atoms with E-state index in [1.807, 2.05) is 0 Å². The summed E-state index contributed by atoms with van der Waals surface area (Å²) in [6.45, 7) is -0.388. The van der Waals surface area contributed by atoms with E-state index in [0.29, 0.717) is 0 Å². The third-order valence-electron chi connectivity index (χ3n) is 3.59. The first-order valence-electron chi connectivity index (χ1n) is 8.45. The van der Waals surface area contributed by atoms with Crippen molar-refractivity contribution in [3.63, 3.8) is 0 Å². The third-order valence-corrected chi connectivity index (χ3v) is 3.96. The molecule has 0 aromatic rings. The van der Waals surface area contributed by atoms with E-state index in [4.69, 9.17) is 21.7 Å². The molecule has 3 unspecified atom stereocenters. The molecule has 0 radical (unpaired) electrons. The molecule has 0 aliphatic heterocycles. The standard InChI is InChI=1S/C15H25N5O8S/c16-5-11(22)18-9(6-29)14(26)19-7(2-4-12(23)24)13(25)20-8(15(27)28)1-3-10(17)21/h7-9,29H,1-6,16H2,(H2,17,21)(H,18,22)(H,19,26)(H,20,25)(H,23,24)(H,27,28). The fourth-order valence-electron chi connectivity index (χ4n) is 2.07. The first kappa shape index (κ1) is 26.1. The number of hydrogen-bond acceptors (Lipinski definition) is 8. The van der Waals surface area contributed by atoms with Crippen LogP contribution in [0.5, 0.6) is 0 Å². The van der Waals surface area contributed by atoms with Gasteiger partial charge in [0.1, 0.15) is 18.1 Å². The van der Waals surface area contributed by atoms with Gasteiger partial charge in [-0.2, -0.15) is 12.6 Å². The minimum absolute atomic E-state index is 0.138. The largest absolute Gasteiger partial charge is 0.481 e. The van der Waals surface area contributed by atoms with E-state index in [1.165, 1.54) is 0 Å². The molecule has 13 nitrogen and oxygen atoms in total. The van der Waals surface area contributed by atoms with Gasteiger partial charge in [0.2, 0.25) is 23.6 Å². The van der Waals surface area contributed by atoms with Crippen molar-refractivity contribution in [1.82, 2.24) is 16.0 Å². The topological polar surface area (TPSA) is 231 Å². The zero-order chi connectivity index (χ0) is 22.6. The summed E-state index contributed by atoms with van der Waals surface area (Å²) in [4.78, 5) is 69.0. The van der Waals surface area contributed by atoms with E-state index >= 15 is 0 Å². The smallest absolute Gasteiger partial charge is 0.326 e. The lowest BCUT2D eigenvalue weighted by Gasteiger charge is -2.23. The summed E-state index contributed by atoms with van der Waals surface area (Å²) in [7, 11) is 0. The number of aliphatic carboxylic acids is 2. The first-order chi connectivity index (χ1) is 13.5. The molecular weight excluding hydrogens is 410 g/mol. The number of amides is 4. The molecule has 0 heterocycles. The Bertz CT molecular complexity index is 644. The van der Waals surface area contributed by atoms with Gasteiger partial charge in [0.15, 0.2) is 0 Å². The van der Waals surface area contributed by atoms with Crippen LogP contribution in [0.3, 0.4) is 0 Å². The van der Waals surface area contributed by atoms with Crippen molar-refractivity contribution in [2.75, 3.05) is 12.3 Å². The second-order valence-electron chi connectivity index (χ2n) is 5.90. The molecular formula is C15H25N5O8S. The lowest BCUT2D eigenvalue weighted by molar-refractivity contribution is -0.143.